The number of nitrogens with one attached hydrogen (secondary N) is 1. The van der Waals surface area contributed by atoms with Gasteiger partial charge >= 0.3 is 0 Å². The fourth-order valence-electron chi connectivity index (χ4n) is 1.42. The van der Waals surface area contributed by atoms with Gasteiger partial charge in [-0.05, 0) is 32.0 Å². The summed E-state index contributed by atoms with van der Waals surface area (Å²) in [5.74, 6) is 1.20. The number of hydrogen-bond acceptors (Lipinski definition) is 4. The summed E-state index contributed by atoms with van der Waals surface area (Å²) in [6, 6.07) is 5.42. The number of hydrogen-bond donors (Lipinski definition) is 2. The average molecular weight is 252 g/mol. The summed E-state index contributed by atoms with van der Waals surface area (Å²) >= 11 is 0. The van der Waals surface area contributed by atoms with Crippen LogP contribution in [-0.4, -0.2) is 25.7 Å². The van der Waals surface area contributed by atoms with E-state index in [0.717, 1.165) is 5.56 Å². The van der Waals surface area contributed by atoms with E-state index in [1.54, 1.807) is 40.2 Å². The average Bonchev–Trinajstić information content (AvgIpc) is 2.34. The van der Waals surface area contributed by atoms with Crippen LogP contribution in [0.2, 0.25) is 0 Å². The number of ether oxygens (including phenoxy) is 2. The Morgan fingerprint density at radius 1 is 1.33 bits per heavy atom. The Bertz CT molecular complexity index is 425. The number of carbonyl (C=O) groups excluding carboxylic acids is 1. The molecule has 0 saturated carbocycles. The molecular formula is C13H20N2O3. The van der Waals surface area contributed by atoms with Crippen molar-refractivity contribution < 1.29 is 14.3 Å². The van der Waals surface area contributed by atoms with Gasteiger partial charge in [0.05, 0.1) is 19.8 Å². The first kappa shape index (κ1) is 14.3. The molecule has 0 spiro atoms. The van der Waals surface area contributed by atoms with Gasteiger partial charge in [0.15, 0.2) is 0 Å². The molecule has 0 unspecified atom stereocenters. The summed E-state index contributed by atoms with van der Waals surface area (Å²) in [6.45, 7) is 3.66. The maximum Gasteiger partial charge on any atom is 0.239 e. The molecule has 0 fully saturated rings. The van der Waals surface area contributed by atoms with E-state index in [4.69, 9.17) is 15.2 Å². The summed E-state index contributed by atoms with van der Waals surface area (Å²) in [5.41, 5.74) is 5.65. The molecule has 1 aromatic rings. The van der Waals surface area contributed by atoms with Crippen molar-refractivity contribution in [3.63, 3.8) is 0 Å². The van der Waals surface area contributed by atoms with E-state index >= 15 is 0 Å². The molecule has 0 aliphatic heterocycles. The lowest BCUT2D eigenvalue weighted by atomic mass is 10.1. The van der Waals surface area contributed by atoms with Crippen LogP contribution in [0.4, 0.5) is 0 Å². The molecule has 5 heteroatoms. The standard InChI is InChI=1S/C13H20N2O3/c1-13(2,14)12(16)15-8-9-7-10(17-3)5-6-11(9)18-4/h5-7H,8,14H2,1-4H3,(H,15,16). The van der Waals surface area contributed by atoms with Crippen molar-refractivity contribution in [1.29, 1.82) is 0 Å². The molecule has 0 heterocycles. The first-order valence-corrected chi connectivity index (χ1v) is 5.66. The highest BCUT2D eigenvalue weighted by atomic mass is 16.5. The van der Waals surface area contributed by atoms with Gasteiger partial charge in [-0.1, -0.05) is 0 Å². The van der Waals surface area contributed by atoms with Gasteiger partial charge in [0, 0.05) is 12.1 Å². The van der Waals surface area contributed by atoms with E-state index in [9.17, 15) is 4.79 Å². The van der Waals surface area contributed by atoms with Gasteiger partial charge in [0.2, 0.25) is 5.91 Å². The minimum Gasteiger partial charge on any atom is -0.497 e. The van der Waals surface area contributed by atoms with Gasteiger partial charge in [-0.15, -0.1) is 0 Å². The Balaban J connectivity index is 2.80. The van der Waals surface area contributed by atoms with Crippen molar-refractivity contribution >= 4 is 5.91 Å². The number of carbonyl (C=O) groups is 1. The van der Waals surface area contributed by atoms with Crippen LogP contribution in [-0.2, 0) is 11.3 Å². The molecule has 100 valence electrons. The maximum atomic E-state index is 11.7. The second kappa shape index (κ2) is 5.73. The van der Waals surface area contributed by atoms with Crippen molar-refractivity contribution in [2.75, 3.05) is 14.2 Å². The Hall–Kier alpha value is -1.75. The van der Waals surface area contributed by atoms with Crippen molar-refractivity contribution in [3.8, 4) is 11.5 Å². The zero-order valence-corrected chi connectivity index (χ0v) is 11.2. The third kappa shape index (κ3) is 3.63. The normalized spacial score (nSPS) is 10.9. The molecular weight excluding hydrogens is 232 g/mol. The van der Waals surface area contributed by atoms with Gasteiger partial charge in [-0.3, -0.25) is 4.79 Å². The van der Waals surface area contributed by atoms with Gasteiger partial charge in [0.25, 0.3) is 0 Å². The van der Waals surface area contributed by atoms with E-state index in [0.29, 0.717) is 18.0 Å². The van der Waals surface area contributed by atoms with Crippen LogP contribution < -0.4 is 20.5 Å². The van der Waals surface area contributed by atoms with Gasteiger partial charge in [-0.2, -0.15) is 0 Å². The van der Waals surface area contributed by atoms with Crippen LogP contribution in [0.5, 0.6) is 11.5 Å². The van der Waals surface area contributed by atoms with Crippen LogP contribution in [0.3, 0.4) is 0 Å². The van der Waals surface area contributed by atoms with Crippen molar-refractivity contribution in [2.45, 2.75) is 25.9 Å². The third-order valence-electron chi connectivity index (χ3n) is 2.51. The number of nitrogens with two attached hydrogens (primary N) is 1. The second-order valence-corrected chi connectivity index (χ2v) is 4.58. The van der Waals surface area contributed by atoms with Crippen LogP contribution in [0.1, 0.15) is 19.4 Å². The molecule has 1 amide bonds. The van der Waals surface area contributed by atoms with E-state index in [-0.39, 0.29) is 5.91 Å². The summed E-state index contributed by atoms with van der Waals surface area (Å²) < 4.78 is 10.4. The van der Waals surface area contributed by atoms with Crippen LogP contribution in [0.25, 0.3) is 0 Å². The third-order valence-corrected chi connectivity index (χ3v) is 2.51. The lowest BCUT2D eigenvalue weighted by Crippen LogP contribution is -2.48. The lowest BCUT2D eigenvalue weighted by Gasteiger charge is -2.18. The molecule has 18 heavy (non-hydrogen) atoms. The summed E-state index contributed by atoms with van der Waals surface area (Å²) in [4.78, 5) is 11.7. The number of rotatable bonds is 5. The van der Waals surface area contributed by atoms with Crippen LogP contribution in [0, 0.1) is 0 Å². The van der Waals surface area contributed by atoms with Crippen LogP contribution >= 0.6 is 0 Å². The molecule has 1 aromatic carbocycles. The molecule has 0 aliphatic rings. The van der Waals surface area contributed by atoms with Crippen molar-refractivity contribution in [2.24, 2.45) is 5.73 Å². The Morgan fingerprint density at radius 3 is 2.50 bits per heavy atom. The summed E-state index contributed by atoms with van der Waals surface area (Å²) in [6.07, 6.45) is 0. The van der Waals surface area contributed by atoms with E-state index < -0.39 is 5.54 Å². The fourth-order valence-corrected chi connectivity index (χ4v) is 1.42. The Labute approximate surface area is 107 Å². The quantitative estimate of drug-likeness (QED) is 0.821. The first-order valence-electron chi connectivity index (χ1n) is 5.66. The molecule has 3 N–H and O–H groups in total. The predicted molar refractivity (Wildman–Crippen MR) is 69.7 cm³/mol. The predicted octanol–water partition coefficient (Wildman–Crippen LogP) is 1.06. The largest absolute Gasteiger partial charge is 0.497 e. The smallest absolute Gasteiger partial charge is 0.239 e. The fraction of sp³-hybridized carbons (Fsp3) is 0.462. The van der Waals surface area contributed by atoms with Gasteiger partial charge < -0.3 is 20.5 Å². The molecule has 0 aliphatic carbocycles. The maximum absolute atomic E-state index is 11.7. The molecule has 1 rings (SSSR count). The monoisotopic (exact) mass is 252 g/mol. The number of amides is 1. The minimum absolute atomic E-state index is 0.215. The van der Waals surface area contributed by atoms with Gasteiger partial charge in [0.1, 0.15) is 11.5 Å². The molecule has 5 nitrogen and oxygen atoms in total. The number of benzene rings is 1. The Morgan fingerprint density at radius 2 is 2.00 bits per heavy atom. The molecule has 0 atom stereocenters. The topological polar surface area (TPSA) is 73.6 Å². The minimum atomic E-state index is -0.897. The SMILES string of the molecule is COc1ccc(OC)c(CNC(=O)C(C)(C)N)c1. The molecule has 0 radical (unpaired) electrons. The summed E-state index contributed by atoms with van der Waals surface area (Å²) in [5, 5.41) is 2.77. The zero-order valence-electron chi connectivity index (χ0n) is 11.2. The van der Waals surface area contributed by atoms with Gasteiger partial charge in [-0.25, -0.2) is 0 Å². The number of methoxy groups -OCH3 is 2. The summed E-state index contributed by atoms with van der Waals surface area (Å²) in [7, 11) is 3.17. The molecule has 0 aromatic heterocycles. The lowest BCUT2D eigenvalue weighted by molar-refractivity contribution is -0.125. The van der Waals surface area contributed by atoms with E-state index in [2.05, 4.69) is 5.32 Å². The second-order valence-electron chi connectivity index (χ2n) is 4.58. The van der Waals surface area contributed by atoms with Crippen molar-refractivity contribution in [1.82, 2.24) is 5.32 Å². The first-order chi connectivity index (χ1) is 8.38. The van der Waals surface area contributed by atoms with E-state index in [1.165, 1.54) is 0 Å². The molecule has 0 saturated heterocycles. The Kier molecular flexibility index (Phi) is 4.55. The molecule has 0 bridgehead atoms. The van der Waals surface area contributed by atoms with Crippen LogP contribution in [0.15, 0.2) is 18.2 Å². The van der Waals surface area contributed by atoms with Crippen molar-refractivity contribution in [3.05, 3.63) is 23.8 Å². The zero-order chi connectivity index (χ0) is 13.8. The van der Waals surface area contributed by atoms with E-state index in [1.807, 2.05) is 6.07 Å². The highest BCUT2D eigenvalue weighted by molar-refractivity contribution is 5.85. The highest BCUT2D eigenvalue weighted by Crippen LogP contribution is 2.23. The highest BCUT2D eigenvalue weighted by Gasteiger charge is 2.21.